The summed E-state index contributed by atoms with van der Waals surface area (Å²) in [6.07, 6.45) is 0.344. The Kier molecular flexibility index (Phi) is 11.2. The van der Waals surface area contributed by atoms with E-state index in [4.69, 9.17) is 0 Å². The van der Waals surface area contributed by atoms with Crippen LogP contribution in [-0.4, -0.2) is 35.2 Å². The van der Waals surface area contributed by atoms with E-state index in [0.29, 0.717) is 12.5 Å². The highest BCUT2D eigenvalue weighted by atomic mass is 16.3. The zero-order valence-electron chi connectivity index (χ0n) is 18.8. The number of benzene rings is 3. The molecule has 3 nitrogen and oxygen atoms in total. The van der Waals surface area contributed by atoms with Gasteiger partial charge in [0.05, 0.1) is 6.10 Å². The van der Waals surface area contributed by atoms with Gasteiger partial charge in [0.2, 0.25) is 0 Å². The number of aliphatic hydroxyl groups is 1. The molecule has 0 aliphatic heterocycles. The van der Waals surface area contributed by atoms with Crippen molar-refractivity contribution < 1.29 is 5.11 Å². The molecule has 32 heavy (non-hydrogen) atoms. The SMILES string of the molecule is C.CC(C)CNCC(O)[C@H](Cc1ccccc1)N(Cc1ccccc1)Cc1ccccc1. The lowest BCUT2D eigenvalue weighted by Crippen LogP contribution is -2.48. The molecule has 3 heteroatoms. The Morgan fingerprint density at radius 3 is 1.56 bits per heavy atom. The molecular weight excluding hydrogens is 392 g/mol. The molecule has 0 bridgehead atoms. The van der Waals surface area contributed by atoms with Crippen molar-refractivity contribution >= 4 is 0 Å². The smallest absolute Gasteiger partial charge is 0.0822 e. The van der Waals surface area contributed by atoms with Gasteiger partial charge in [0, 0.05) is 25.7 Å². The molecule has 2 N–H and O–H groups in total. The van der Waals surface area contributed by atoms with E-state index in [1.807, 2.05) is 6.07 Å². The molecule has 0 aliphatic rings. The van der Waals surface area contributed by atoms with E-state index >= 15 is 0 Å². The first-order chi connectivity index (χ1) is 15.1. The monoisotopic (exact) mass is 432 g/mol. The van der Waals surface area contributed by atoms with Crippen LogP contribution in [0.2, 0.25) is 0 Å². The molecule has 0 spiro atoms. The Hall–Kier alpha value is -2.46. The van der Waals surface area contributed by atoms with Crippen molar-refractivity contribution in [2.75, 3.05) is 13.1 Å². The minimum atomic E-state index is -0.466. The lowest BCUT2D eigenvalue weighted by molar-refractivity contribution is 0.0390. The predicted octanol–water partition coefficient (Wildman–Crippen LogP) is 5.54. The molecule has 0 saturated heterocycles. The van der Waals surface area contributed by atoms with Gasteiger partial charge < -0.3 is 10.4 Å². The minimum absolute atomic E-state index is 0. The highest BCUT2D eigenvalue weighted by Crippen LogP contribution is 2.19. The highest BCUT2D eigenvalue weighted by molar-refractivity contribution is 5.20. The van der Waals surface area contributed by atoms with Crippen LogP contribution in [0.4, 0.5) is 0 Å². The van der Waals surface area contributed by atoms with Gasteiger partial charge in [-0.15, -0.1) is 0 Å². The fourth-order valence-electron chi connectivity index (χ4n) is 3.95. The van der Waals surface area contributed by atoms with E-state index in [9.17, 15) is 5.11 Å². The molecule has 0 aliphatic carbocycles. The fourth-order valence-corrected chi connectivity index (χ4v) is 3.95. The number of rotatable bonds is 12. The third-order valence-corrected chi connectivity index (χ3v) is 5.56. The van der Waals surface area contributed by atoms with Gasteiger partial charge >= 0.3 is 0 Å². The van der Waals surface area contributed by atoms with Gasteiger partial charge in [-0.2, -0.15) is 0 Å². The van der Waals surface area contributed by atoms with Gasteiger partial charge in [-0.25, -0.2) is 0 Å². The van der Waals surface area contributed by atoms with Crippen LogP contribution in [0.3, 0.4) is 0 Å². The summed E-state index contributed by atoms with van der Waals surface area (Å²) in [5, 5.41) is 14.8. The molecule has 2 atom stereocenters. The third-order valence-electron chi connectivity index (χ3n) is 5.56. The molecule has 172 valence electrons. The Morgan fingerprint density at radius 2 is 1.12 bits per heavy atom. The molecule has 3 rings (SSSR count). The Morgan fingerprint density at radius 1 is 0.688 bits per heavy atom. The Bertz CT molecular complexity index is 811. The van der Waals surface area contributed by atoms with Crippen molar-refractivity contribution in [2.45, 2.75) is 52.9 Å². The van der Waals surface area contributed by atoms with Crippen LogP contribution in [-0.2, 0) is 19.5 Å². The summed E-state index contributed by atoms with van der Waals surface area (Å²) in [7, 11) is 0. The number of nitrogens with one attached hydrogen (secondary N) is 1. The summed E-state index contributed by atoms with van der Waals surface area (Å²) >= 11 is 0. The lowest BCUT2D eigenvalue weighted by atomic mass is 9.97. The van der Waals surface area contributed by atoms with Gasteiger partial charge in [-0.3, -0.25) is 4.90 Å². The van der Waals surface area contributed by atoms with Gasteiger partial charge in [0.25, 0.3) is 0 Å². The van der Waals surface area contributed by atoms with E-state index in [0.717, 1.165) is 26.1 Å². The van der Waals surface area contributed by atoms with Crippen molar-refractivity contribution in [1.82, 2.24) is 10.2 Å². The van der Waals surface area contributed by atoms with E-state index in [1.54, 1.807) is 0 Å². The molecule has 3 aromatic carbocycles. The van der Waals surface area contributed by atoms with Gasteiger partial charge in [-0.05, 0) is 35.6 Å². The molecular formula is C29H40N2O. The van der Waals surface area contributed by atoms with Crippen LogP contribution < -0.4 is 5.32 Å². The largest absolute Gasteiger partial charge is 0.390 e. The summed E-state index contributed by atoms with van der Waals surface area (Å²) < 4.78 is 0. The quantitative estimate of drug-likeness (QED) is 0.394. The number of aliphatic hydroxyl groups excluding tert-OH is 1. The summed E-state index contributed by atoms with van der Waals surface area (Å²) in [6, 6.07) is 31.6. The van der Waals surface area contributed by atoms with Crippen LogP contribution in [0.15, 0.2) is 91.0 Å². The average molecular weight is 433 g/mol. The molecule has 1 unspecified atom stereocenters. The standard InChI is InChI=1S/C28H36N2O.CH4/c1-23(2)19-29-20-28(31)27(18-24-12-6-3-7-13-24)30(21-25-14-8-4-9-15-25)22-26-16-10-5-11-17-26;/h3-17,23,27-29,31H,18-22H2,1-2H3;1H4/t27-,28?;/m0./s1. The minimum Gasteiger partial charge on any atom is -0.390 e. The molecule has 0 saturated carbocycles. The maximum Gasteiger partial charge on any atom is 0.0822 e. The van der Waals surface area contributed by atoms with E-state index < -0.39 is 6.10 Å². The summed E-state index contributed by atoms with van der Waals surface area (Å²) in [6.45, 7) is 7.49. The normalized spacial score (nSPS) is 13.0. The van der Waals surface area contributed by atoms with Gasteiger partial charge in [-0.1, -0.05) is 112 Å². The first-order valence-corrected chi connectivity index (χ1v) is 11.4. The van der Waals surface area contributed by atoms with Gasteiger partial charge in [0.1, 0.15) is 0 Å². The number of hydrogen-bond donors (Lipinski definition) is 2. The zero-order chi connectivity index (χ0) is 21.9. The average Bonchev–Trinajstić information content (AvgIpc) is 2.79. The van der Waals surface area contributed by atoms with Crippen LogP contribution >= 0.6 is 0 Å². The molecule has 0 heterocycles. The fraction of sp³-hybridized carbons (Fsp3) is 0.379. The second-order valence-electron chi connectivity index (χ2n) is 8.75. The summed E-state index contributed by atoms with van der Waals surface area (Å²) in [5.74, 6) is 0.560. The lowest BCUT2D eigenvalue weighted by Gasteiger charge is -2.36. The van der Waals surface area contributed by atoms with E-state index in [1.165, 1.54) is 16.7 Å². The maximum absolute atomic E-state index is 11.3. The zero-order valence-corrected chi connectivity index (χ0v) is 18.8. The molecule has 0 amide bonds. The van der Waals surface area contributed by atoms with Crippen molar-refractivity contribution in [2.24, 2.45) is 5.92 Å². The highest BCUT2D eigenvalue weighted by Gasteiger charge is 2.27. The first kappa shape index (κ1) is 25.8. The van der Waals surface area contributed by atoms with Crippen LogP contribution in [0, 0.1) is 5.92 Å². The van der Waals surface area contributed by atoms with E-state index in [2.05, 4.69) is 109 Å². The second kappa shape index (κ2) is 13.8. The molecule has 0 aromatic heterocycles. The van der Waals surface area contributed by atoms with Crippen LogP contribution in [0.25, 0.3) is 0 Å². The molecule has 0 fully saturated rings. The van der Waals surface area contributed by atoms with Crippen LogP contribution in [0.1, 0.15) is 38.0 Å². The third kappa shape index (κ3) is 8.58. The van der Waals surface area contributed by atoms with Gasteiger partial charge in [0.15, 0.2) is 0 Å². The number of nitrogens with zero attached hydrogens (tertiary/aromatic N) is 1. The predicted molar refractivity (Wildman–Crippen MR) is 137 cm³/mol. The number of hydrogen-bond acceptors (Lipinski definition) is 3. The maximum atomic E-state index is 11.3. The van der Waals surface area contributed by atoms with Crippen molar-refractivity contribution in [3.8, 4) is 0 Å². The first-order valence-electron chi connectivity index (χ1n) is 11.4. The van der Waals surface area contributed by atoms with Crippen molar-refractivity contribution in [3.05, 3.63) is 108 Å². The molecule has 3 aromatic rings. The summed E-state index contributed by atoms with van der Waals surface area (Å²) in [5.41, 5.74) is 3.78. The van der Waals surface area contributed by atoms with Crippen molar-refractivity contribution in [1.29, 1.82) is 0 Å². The topological polar surface area (TPSA) is 35.5 Å². The van der Waals surface area contributed by atoms with Crippen molar-refractivity contribution in [3.63, 3.8) is 0 Å². The van der Waals surface area contributed by atoms with Crippen LogP contribution in [0.5, 0.6) is 0 Å². The molecule has 0 radical (unpaired) electrons. The van der Waals surface area contributed by atoms with E-state index in [-0.39, 0.29) is 13.5 Å². The Labute approximate surface area is 195 Å². The Balaban J connectivity index is 0.00000363. The summed E-state index contributed by atoms with van der Waals surface area (Å²) in [4.78, 5) is 2.43. The second-order valence-corrected chi connectivity index (χ2v) is 8.75.